The summed E-state index contributed by atoms with van der Waals surface area (Å²) in [4.78, 5) is 15.4. The van der Waals surface area contributed by atoms with Crippen molar-refractivity contribution in [3.8, 4) is 0 Å². The van der Waals surface area contributed by atoms with Crippen molar-refractivity contribution in [1.29, 1.82) is 0 Å². The van der Waals surface area contributed by atoms with E-state index in [1.54, 1.807) is 18.3 Å². The number of hydrogen-bond acceptors (Lipinski definition) is 4. The van der Waals surface area contributed by atoms with Gasteiger partial charge in [-0.05, 0) is 31.4 Å². The van der Waals surface area contributed by atoms with Gasteiger partial charge in [0.25, 0.3) is 0 Å². The number of carbonyl (C=O) groups excluding carboxylic acids is 1. The second-order valence-corrected chi connectivity index (χ2v) is 3.69. The van der Waals surface area contributed by atoms with Crippen molar-refractivity contribution < 1.29 is 9.53 Å². The number of hydrogen-bond donors (Lipinski definition) is 1. The molecule has 1 aromatic rings. The Balaban J connectivity index is 2.07. The molecular weight excluding hydrogens is 192 g/mol. The summed E-state index contributed by atoms with van der Waals surface area (Å²) in [6, 6.07) is 3.90. The normalized spacial score (nSPS) is 15.5. The summed E-state index contributed by atoms with van der Waals surface area (Å²) >= 11 is 0. The molecule has 1 N–H and O–H groups in total. The Bertz CT molecular complexity index is 361. The molecule has 0 atom stereocenters. The molecule has 2 rings (SSSR count). The quantitative estimate of drug-likeness (QED) is 0.766. The second-order valence-electron chi connectivity index (χ2n) is 3.69. The zero-order valence-electron chi connectivity index (χ0n) is 8.69. The Kier molecular flexibility index (Phi) is 2.85. The lowest BCUT2D eigenvalue weighted by Gasteiger charge is -2.26. The fraction of sp³-hybridized carbons (Fsp3) is 0.455. The first-order valence-electron chi connectivity index (χ1n) is 5.10. The van der Waals surface area contributed by atoms with Gasteiger partial charge in [-0.25, -0.2) is 9.78 Å². The van der Waals surface area contributed by atoms with Gasteiger partial charge in [0.2, 0.25) is 0 Å². The van der Waals surface area contributed by atoms with E-state index < -0.39 is 0 Å². The van der Waals surface area contributed by atoms with Crippen LogP contribution in [0.15, 0.2) is 18.3 Å². The molecule has 1 aliphatic rings. The SMILES string of the molecule is COC(=O)c1ccnc(NC2CCC2)c1. The number of ether oxygens (including phenoxy) is 1. The van der Waals surface area contributed by atoms with Crippen LogP contribution in [0.1, 0.15) is 29.6 Å². The lowest BCUT2D eigenvalue weighted by Crippen LogP contribution is -2.27. The van der Waals surface area contributed by atoms with E-state index in [0.717, 1.165) is 5.82 Å². The molecule has 0 bridgehead atoms. The molecule has 1 saturated carbocycles. The van der Waals surface area contributed by atoms with E-state index in [1.165, 1.54) is 26.4 Å². The summed E-state index contributed by atoms with van der Waals surface area (Å²) in [5.74, 6) is 0.427. The van der Waals surface area contributed by atoms with Crippen LogP contribution in [-0.4, -0.2) is 24.1 Å². The Morgan fingerprint density at radius 1 is 1.60 bits per heavy atom. The molecule has 1 aliphatic carbocycles. The molecule has 1 heterocycles. The fourth-order valence-corrected chi connectivity index (χ4v) is 1.52. The first kappa shape index (κ1) is 9.96. The molecule has 4 nitrogen and oxygen atoms in total. The summed E-state index contributed by atoms with van der Waals surface area (Å²) in [6.07, 6.45) is 5.26. The molecule has 15 heavy (non-hydrogen) atoms. The standard InChI is InChI=1S/C11H14N2O2/c1-15-11(14)8-5-6-12-10(7-8)13-9-3-2-4-9/h5-7,9H,2-4H2,1H3,(H,12,13). The molecule has 0 aromatic carbocycles. The molecule has 0 spiro atoms. The molecule has 1 aromatic heterocycles. The zero-order chi connectivity index (χ0) is 10.7. The van der Waals surface area contributed by atoms with E-state index in [9.17, 15) is 4.79 Å². The average molecular weight is 206 g/mol. The number of pyridine rings is 1. The predicted octanol–water partition coefficient (Wildman–Crippen LogP) is 1.83. The van der Waals surface area contributed by atoms with Crippen LogP contribution < -0.4 is 5.32 Å². The van der Waals surface area contributed by atoms with Crippen molar-refractivity contribution >= 4 is 11.8 Å². The van der Waals surface area contributed by atoms with Crippen molar-refractivity contribution in [3.05, 3.63) is 23.9 Å². The van der Waals surface area contributed by atoms with Crippen LogP contribution in [0.4, 0.5) is 5.82 Å². The van der Waals surface area contributed by atoms with Gasteiger partial charge in [0.1, 0.15) is 5.82 Å². The summed E-state index contributed by atoms with van der Waals surface area (Å²) < 4.78 is 4.64. The lowest BCUT2D eigenvalue weighted by molar-refractivity contribution is 0.0600. The molecule has 0 saturated heterocycles. The van der Waals surface area contributed by atoms with Crippen LogP contribution in [0.5, 0.6) is 0 Å². The average Bonchev–Trinajstić information content (AvgIpc) is 2.23. The topological polar surface area (TPSA) is 51.2 Å². The van der Waals surface area contributed by atoms with Gasteiger partial charge < -0.3 is 10.1 Å². The van der Waals surface area contributed by atoms with E-state index in [0.29, 0.717) is 11.6 Å². The number of nitrogens with zero attached hydrogens (tertiary/aromatic N) is 1. The van der Waals surface area contributed by atoms with E-state index in [4.69, 9.17) is 0 Å². The van der Waals surface area contributed by atoms with E-state index in [2.05, 4.69) is 15.0 Å². The molecule has 0 aliphatic heterocycles. The molecule has 0 amide bonds. The minimum Gasteiger partial charge on any atom is -0.465 e. The maximum atomic E-state index is 11.3. The number of nitrogens with one attached hydrogen (secondary N) is 1. The fourth-order valence-electron chi connectivity index (χ4n) is 1.52. The summed E-state index contributed by atoms with van der Waals surface area (Å²) in [7, 11) is 1.38. The minimum atomic E-state index is -0.325. The predicted molar refractivity (Wildman–Crippen MR) is 56.8 cm³/mol. The zero-order valence-corrected chi connectivity index (χ0v) is 8.69. The van der Waals surface area contributed by atoms with Gasteiger partial charge in [-0.15, -0.1) is 0 Å². The smallest absolute Gasteiger partial charge is 0.338 e. The highest BCUT2D eigenvalue weighted by molar-refractivity contribution is 5.89. The molecule has 4 heteroatoms. The van der Waals surface area contributed by atoms with Crippen LogP contribution in [0.3, 0.4) is 0 Å². The van der Waals surface area contributed by atoms with Crippen molar-refractivity contribution in [2.75, 3.05) is 12.4 Å². The van der Waals surface area contributed by atoms with Crippen molar-refractivity contribution in [1.82, 2.24) is 4.98 Å². The van der Waals surface area contributed by atoms with E-state index in [1.807, 2.05) is 0 Å². The Morgan fingerprint density at radius 2 is 2.40 bits per heavy atom. The van der Waals surface area contributed by atoms with Gasteiger partial charge in [0.05, 0.1) is 12.7 Å². The highest BCUT2D eigenvalue weighted by atomic mass is 16.5. The second kappa shape index (κ2) is 4.29. The van der Waals surface area contributed by atoms with Gasteiger partial charge >= 0.3 is 5.97 Å². The first-order valence-corrected chi connectivity index (χ1v) is 5.10. The molecule has 1 fully saturated rings. The maximum absolute atomic E-state index is 11.3. The Labute approximate surface area is 88.7 Å². The third-order valence-corrected chi connectivity index (χ3v) is 2.64. The Morgan fingerprint density at radius 3 is 3.00 bits per heavy atom. The molecule has 0 radical (unpaired) electrons. The monoisotopic (exact) mass is 206 g/mol. The largest absolute Gasteiger partial charge is 0.465 e. The van der Waals surface area contributed by atoms with Crippen molar-refractivity contribution in [3.63, 3.8) is 0 Å². The highest BCUT2D eigenvalue weighted by Crippen LogP contribution is 2.22. The van der Waals surface area contributed by atoms with Crippen LogP contribution >= 0.6 is 0 Å². The third kappa shape index (κ3) is 2.26. The van der Waals surface area contributed by atoms with E-state index >= 15 is 0 Å². The van der Waals surface area contributed by atoms with Crippen LogP contribution in [-0.2, 0) is 4.74 Å². The molecular formula is C11H14N2O2. The molecule has 80 valence electrons. The van der Waals surface area contributed by atoms with Gasteiger partial charge in [-0.3, -0.25) is 0 Å². The van der Waals surface area contributed by atoms with Gasteiger partial charge in [-0.1, -0.05) is 0 Å². The van der Waals surface area contributed by atoms with Gasteiger partial charge in [-0.2, -0.15) is 0 Å². The summed E-state index contributed by atoms with van der Waals surface area (Å²) in [6.45, 7) is 0. The summed E-state index contributed by atoms with van der Waals surface area (Å²) in [5, 5.41) is 3.28. The molecule has 0 unspecified atom stereocenters. The summed E-state index contributed by atoms with van der Waals surface area (Å²) in [5.41, 5.74) is 0.536. The van der Waals surface area contributed by atoms with Gasteiger partial charge in [0, 0.05) is 12.2 Å². The number of aromatic nitrogens is 1. The highest BCUT2D eigenvalue weighted by Gasteiger charge is 2.17. The van der Waals surface area contributed by atoms with Gasteiger partial charge in [0.15, 0.2) is 0 Å². The minimum absolute atomic E-state index is 0.325. The number of methoxy groups -OCH3 is 1. The van der Waals surface area contributed by atoms with Crippen molar-refractivity contribution in [2.24, 2.45) is 0 Å². The van der Waals surface area contributed by atoms with Crippen LogP contribution in [0.2, 0.25) is 0 Å². The lowest BCUT2D eigenvalue weighted by atomic mass is 9.93. The number of rotatable bonds is 3. The van der Waals surface area contributed by atoms with E-state index in [-0.39, 0.29) is 5.97 Å². The number of carbonyl (C=O) groups is 1. The maximum Gasteiger partial charge on any atom is 0.338 e. The van der Waals surface area contributed by atoms with Crippen molar-refractivity contribution in [2.45, 2.75) is 25.3 Å². The number of esters is 1. The van der Waals surface area contributed by atoms with Crippen LogP contribution in [0.25, 0.3) is 0 Å². The van der Waals surface area contributed by atoms with Crippen LogP contribution in [0, 0.1) is 0 Å². The first-order chi connectivity index (χ1) is 7.29. The number of anilines is 1. The Hall–Kier alpha value is -1.58. The third-order valence-electron chi connectivity index (χ3n) is 2.64.